The number of rotatable bonds is 7. The molecule has 6 rings (SSSR count). The third kappa shape index (κ3) is 9.21. The number of hydrogen-bond acceptors (Lipinski definition) is 12. The second-order valence-electron chi connectivity index (χ2n) is 17.7. The van der Waals surface area contributed by atoms with Crippen LogP contribution >= 0.6 is 0 Å². The van der Waals surface area contributed by atoms with Gasteiger partial charge in [0.25, 0.3) is 0 Å². The Bertz CT molecular complexity index is 1910. The molecule has 2 bridgehead atoms. The topological polar surface area (TPSA) is 149 Å². The number of nitrogens with zero attached hydrogens (tertiary/aromatic N) is 4. The highest BCUT2D eigenvalue weighted by Crippen LogP contribution is 2.46. The zero-order valence-corrected chi connectivity index (χ0v) is 36.2. The van der Waals surface area contributed by atoms with Crippen LogP contribution in [0.25, 0.3) is 0 Å². The summed E-state index contributed by atoms with van der Waals surface area (Å²) in [6.07, 6.45) is -1.04. The van der Waals surface area contributed by atoms with Crippen LogP contribution in [-0.2, 0) is 28.5 Å². The van der Waals surface area contributed by atoms with Crippen molar-refractivity contribution >= 4 is 23.6 Å². The monoisotopic (exact) mass is 814 g/mol. The van der Waals surface area contributed by atoms with Gasteiger partial charge in [0.2, 0.25) is 5.88 Å². The van der Waals surface area contributed by atoms with Crippen LogP contribution in [-0.4, -0.2) is 119 Å². The van der Waals surface area contributed by atoms with Gasteiger partial charge in [-0.3, -0.25) is 19.5 Å². The number of carbonyl (C=O) groups excluding carboxylic acids is 3. The molecule has 320 valence electrons. The van der Waals surface area contributed by atoms with E-state index in [1.165, 1.54) is 0 Å². The summed E-state index contributed by atoms with van der Waals surface area (Å²) in [5, 5.41) is 11.7. The van der Waals surface area contributed by atoms with E-state index in [-0.39, 0.29) is 36.2 Å². The van der Waals surface area contributed by atoms with Gasteiger partial charge >= 0.3 is 12.1 Å². The summed E-state index contributed by atoms with van der Waals surface area (Å²) in [5.41, 5.74) is -0.374. The van der Waals surface area contributed by atoms with E-state index in [0.29, 0.717) is 44.0 Å². The van der Waals surface area contributed by atoms with Crippen molar-refractivity contribution in [2.45, 2.75) is 129 Å². The van der Waals surface area contributed by atoms with Crippen molar-refractivity contribution < 1.29 is 43.2 Å². The number of hydrogen-bond donors (Lipinski definition) is 1. The van der Waals surface area contributed by atoms with Crippen molar-refractivity contribution in [3.63, 3.8) is 0 Å². The van der Waals surface area contributed by atoms with Gasteiger partial charge in [0.1, 0.15) is 23.9 Å². The molecule has 3 fully saturated rings. The Balaban J connectivity index is 1.42. The van der Waals surface area contributed by atoms with Gasteiger partial charge in [-0.05, 0) is 90.4 Å². The number of likely N-dealkylation sites (N-methyl/N-ethyl adjacent to an activating group) is 1. The van der Waals surface area contributed by atoms with E-state index in [2.05, 4.69) is 37.6 Å². The summed E-state index contributed by atoms with van der Waals surface area (Å²) in [6, 6.07) is 12.2. The molecule has 5 heterocycles. The highest BCUT2D eigenvalue weighted by atomic mass is 16.7. The Hall–Kier alpha value is -4.35. The first-order chi connectivity index (χ1) is 28.0. The minimum Gasteiger partial charge on any atom is -0.458 e. The zero-order valence-electron chi connectivity index (χ0n) is 36.2. The van der Waals surface area contributed by atoms with Crippen LogP contribution in [0.4, 0.5) is 4.79 Å². The van der Waals surface area contributed by atoms with E-state index in [9.17, 15) is 19.5 Å². The molecule has 1 N–H and O–H groups in total. The predicted molar refractivity (Wildman–Crippen MR) is 222 cm³/mol. The highest BCUT2D eigenvalue weighted by molar-refractivity contribution is 6.00. The summed E-state index contributed by atoms with van der Waals surface area (Å²) < 4.78 is 31.5. The van der Waals surface area contributed by atoms with Crippen LogP contribution in [0, 0.1) is 40.9 Å². The summed E-state index contributed by atoms with van der Waals surface area (Å²) in [5.74, 6) is 4.33. The van der Waals surface area contributed by atoms with Gasteiger partial charge in [0, 0.05) is 59.8 Å². The number of ether oxygens (including phenoxy) is 5. The molecule has 2 aromatic rings. The lowest BCUT2D eigenvalue weighted by Crippen LogP contribution is -2.58. The van der Waals surface area contributed by atoms with Gasteiger partial charge in [0.05, 0.1) is 24.8 Å². The Labute approximate surface area is 349 Å². The van der Waals surface area contributed by atoms with Crippen molar-refractivity contribution in [1.29, 1.82) is 0 Å². The van der Waals surface area contributed by atoms with Crippen molar-refractivity contribution in [2.24, 2.45) is 34.1 Å². The Morgan fingerprint density at radius 3 is 2.41 bits per heavy atom. The first-order valence-electron chi connectivity index (χ1n) is 21.1. The fourth-order valence-corrected chi connectivity index (χ4v) is 9.95. The lowest BCUT2D eigenvalue weighted by Gasteiger charge is -2.47. The average Bonchev–Trinajstić information content (AvgIpc) is 3.32. The van der Waals surface area contributed by atoms with E-state index in [4.69, 9.17) is 28.7 Å². The number of esters is 1. The van der Waals surface area contributed by atoms with Gasteiger partial charge in [-0.1, -0.05) is 52.5 Å². The summed E-state index contributed by atoms with van der Waals surface area (Å²) >= 11 is 0. The number of cyclic esters (lactones) is 1. The number of pyridine rings is 1. The smallest absolute Gasteiger partial charge is 0.410 e. The van der Waals surface area contributed by atoms with E-state index < -0.39 is 65.6 Å². The van der Waals surface area contributed by atoms with Crippen molar-refractivity contribution in [1.82, 2.24) is 14.8 Å². The molecule has 13 nitrogen and oxygen atoms in total. The third-order valence-corrected chi connectivity index (χ3v) is 13.0. The summed E-state index contributed by atoms with van der Waals surface area (Å²) in [4.78, 5) is 55.2. The third-order valence-electron chi connectivity index (χ3n) is 13.0. The molecular weight excluding hydrogens is 753 g/mol. The maximum Gasteiger partial charge on any atom is 0.410 e. The molecule has 13 atom stereocenters. The molecular formula is C46H62N4O9. The van der Waals surface area contributed by atoms with Crippen LogP contribution in [0.5, 0.6) is 11.6 Å². The number of aliphatic imine (C=N–C) groups is 1. The normalized spacial score (nSPS) is 36.7. The van der Waals surface area contributed by atoms with Gasteiger partial charge in [-0.2, -0.15) is 0 Å². The van der Waals surface area contributed by atoms with E-state index in [1.54, 1.807) is 31.0 Å². The number of fused-ring (bicyclic) bond motifs is 1. The van der Waals surface area contributed by atoms with Crippen LogP contribution in [0.2, 0.25) is 0 Å². The number of carbonyl (C=O) groups is 3. The molecule has 0 saturated carbocycles. The Kier molecular flexibility index (Phi) is 13.6. The minimum absolute atomic E-state index is 0.165. The number of ketones is 1. The number of aromatic nitrogens is 1. The van der Waals surface area contributed by atoms with Crippen molar-refractivity contribution in [3.05, 3.63) is 54.2 Å². The molecule has 1 amide bonds. The molecule has 1 aromatic carbocycles. The molecule has 3 saturated heterocycles. The largest absolute Gasteiger partial charge is 0.458 e. The number of Topliss-reactive ketones (excluding diaryl/α,β-unsaturated/α-hetero) is 1. The number of amides is 1. The molecule has 4 aliphatic rings. The van der Waals surface area contributed by atoms with E-state index in [1.807, 2.05) is 76.2 Å². The average molecular weight is 815 g/mol. The maximum absolute atomic E-state index is 14.7. The lowest BCUT2D eigenvalue weighted by molar-refractivity contribution is -0.286. The second-order valence-corrected chi connectivity index (χ2v) is 17.7. The fourth-order valence-electron chi connectivity index (χ4n) is 9.95. The van der Waals surface area contributed by atoms with Crippen molar-refractivity contribution in [3.8, 4) is 23.5 Å². The van der Waals surface area contributed by atoms with Crippen LogP contribution in [0.15, 0.2) is 53.7 Å². The minimum atomic E-state index is -1.18. The molecule has 4 aliphatic heterocycles. The SMILES string of the molecule is CC[C@H]1OC(=O)[C@H](C)C(=O)[C@H](C)[C@@H](OC2O[C@H](C)C[C@H](N(C)C)[C@H]2O)[C@@](C)(CC#Cc2ccc(Oc3ccccn3)cc2)C[C@@H](C)C2=NCCN3C(=O)O[C@@]1(C)[C@H]3[C@H]2C. The van der Waals surface area contributed by atoms with Gasteiger partial charge in [-0.25, -0.2) is 9.78 Å². The molecule has 0 spiro atoms. The number of benzene rings is 1. The van der Waals surface area contributed by atoms with Gasteiger partial charge < -0.3 is 33.7 Å². The lowest BCUT2D eigenvalue weighted by atomic mass is 9.66. The standard InChI is InChI=1S/C46H62N4O9/c1-11-35-46(8)40-29(4)37(48-23-24-50(40)44(54)59-46)27(2)26-45(7,21-14-15-32-17-19-33(20-18-32)56-36-16-12-13-22-47-36)41(30(5)38(51)31(6)42(53)57-35)58-43-39(52)34(49(9)10)25-28(3)55-43/h12-13,16-20,22,27-31,34-35,39-41,43,52H,11,21,23-26H2,1-10H3/t27-,28-,29+,30+,31-,34+,35-,39-,40-,41-,43?,45+,46-/m1/s1. The molecule has 0 radical (unpaired) electrons. The van der Waals surface area contributed by atoms with E-state index in [0.717, 1.165) is 11.3 Å². The Morgan fingerprint density at radius 2 is 1.75 bits per heavy atom. The van der Waals surface area contributed by atoms with Crippen LogP contribution in [0.3, 0.4) is 0 Å². The van der Waals surface area contributed by atoms with Crippen LogP contribution in [0.1, 0.15) is 86.6 Å². The van der Waals surface area contributed by atoms with E-state index >= 15 is 0 Å². The zero-order chi connectivity index (χ0) is 42.8. The first kappa shape index (κ1) is 44.2. The highest BCUT2D eigenvalue weighted by Gasteiger charge is 2.60. The second kappa shape index (κ2) is 18.1. The van der Waals surface area contributed by atoms with Crippen LogP contribution < -0.4 is 4.74 Å². The Morgan fingerprint density at radius 1 is 1.02 bits per heavy atom. The maximum atomic E-state index is 14.7. The quantitative estimate of drug-likeness (QED) is 0.191. The molecule has 13 heteroatoms. The molecule has 0 aliphatic carbocycles. The first-order valence-corrected chi connectivity index (χ1v) is 21.1. The number of aliphatic hydroxyl groups is 1. The predicted octanol–water partition coefficient (Wildman–Crippen LogP) is 6.31. The fraction of sp³-hybridized carbons (Fsp3) is 0.630. The van der Waals surface area contributed by atoms with Gasteiger partial charge in [-0.15, -0.1) is 0 Å². The summed E-state index contributed by atoms with van der Waals surface area (Å²) in [7, 11) is 3.83. The molecule has 59 heavy (non-hydrogen) atoms. The van der Waals surface area contributed by atoms with Crippen molar-refractivity contribution in [2.75, 3.05) is 27.2 Å². The van der Waals surface area contributed by atoms with Gasteiger partial charge in [0.15, 0.2) is 17.7 Å². The molecule has 1 unspecified atom stereocenters. The number of aliphatic hydroxyl groups excluding tert-OH is 1. The molecule has 1 aromatic heterocycles. The summed E-state index contributed by atoms with van der Waals surface area (Å²) in [6.45, 7) is 16.0.